The van der Waals surface area contributed by atoms with Gasteiger partial charge in [0.05, 0.1) is 38.4 Å². The van der Waals surface area contributed by atoms with Crippen molar-refractivity contribution in [2.45, 2.75) is 30.6 Å². The summed E-state index contributed by atoms with van der Waals surface area (Å²) >= 11 is 3.47. The molecule has 7 nitrogen and oxygen atoms in total. The number of nitrogens with zero attached hydrogens (tertiary/aromatic N) is 3. The number of fused-ring (bicyclic) bond motifs is 8. The molecule has 2 amide bonds. The molecule has 0 radical (unpaired) electrons. The van der Waals surface area contributed by atoms with Gasteiger partial charge in [-0.25, -0.2) is 19.6 Å². The van der Waals surface area contributed by atoms with Crippen LogP contribution in [0.2, 0.25) is 0 Å². The maximum Gasteiger partial charge on any atom is 0.429 e. The highest BCUT2D eigenvalue weighted by Crippen LogP contribution is 2.65. The van der Waals surface area contributed by atoms with Crippen LogP contribution in [0, 0.1) is 11.8 Å². The summed E-state index contributed by atoms with van der Waals surface area (Å²) in [4.78, 5) is 26.8. The van der Waals surface area contributed by atoms with Gasteiger partial charge in [-0.15, -0.1) is 0 Å². The Morgan fingerprint density at radius 2 is 1.40 bits per heavy atom. The number of benzene rings is 1. The maximum absolute atomic E-state index is 12.2. The highest BCUT2D eigenvalue weighted by Gasteiger charge is 2.78. The van der Waals surface area contributed by atoms with Gasteiger partial charge in [-0.05, 0) is 30.7 Å². The van der Waals surface area contributed by atoms with Crippen LogP contribution in [0.15, 0.2) is 28.7 Å². The number of halogens is 1. The first kappa shape index (κ1) is 15.3. The Balaban J connectivity index is 1.44. The summed E-state index contributed by atoms with van der Waals surface area (Å²) in [5, 5.41) is 2.91. The van der Waals surface area contributed by atoms with E-state index in [0.717, 1.165) is 10.9 Å². The van der Waals surface area contributed by atoms with Crippen LogP contribution in [0.1, 0.15) is 6.42 Å². The number of anilines is 1. The molecule has 2 saturated heterocycles. The van der Waals surface area contributed by atoms with E-state index in [1.807, 2.05) is 12.1 Å². The van der Waals surface area contributed by atoms with Crippen molar-refractivity contribution in [1.29, 1.82) is 0 Å². The van der Waals surface area contributed by atoms with Crippen molar-refractivity contribution >= 4 is 33.8 Å². The summed E-state index contributed by atoms with van der Waals surface area (Å²) in [7, 11) is 2.68. The van der Waals surface area contributed by atoms with E-state index >= 15 is 0 Å². The van der Waals surface area contributed by atoms with E-state index in [0.29, 0.717) is 23.9 Å². The lowest BCUT2D eigenvalue weighted by atomic mass is 9.86. The van der Waals surface area contributed by atoms with Crippen LogP contribution < -0.4 is 4.90 Å². The van der Waals surface area contributed by atoms with Gasteiger partial charge in [-0.1, -0.05) is 15.9 Å². The SMILES string of the molecule is COC(=O)N1[C@@H]2[C@@H]3C[C@@H]([C@@H]4[C@H]3N4c3ccc(Br)cc3)[C@@H]2N1C(=O)OC. The number of carbonyl (C=O) groups excluding carboxylic acids is 2. The van der Waals surface area contributed by atoms with Crippen molar-refractivity contribution < 1.29 is 19.1 Å². The van der Waals surface area contributed by atoms with Crippen molar-refractivity contribution in [3.63, 3.8) is 0 Å². The number of hydrazine groups is 1. The highest BCUT2D eigenvalue weighted by molar-refractivity contribution is 9.10. The maximum atomic E-state index is 12.2. The van der Waals surface area contributed by atoms with Crippen LogP contribution in [0.5, 0.6) is 0 Å². The van der Waals surface area contributed by atoms with Crippen LogP contribution in [-0.2, 0) is 9.47 Å². The second kappa shape index (κ2) is 5.03. The molecule has 2 heterocycles. The predicted octanol–water partition coefficient (Wildman–Crippen LogP) is 2.46. The van der Waals surface area contributed by atoms with Crippen LogP contribution in [0.3, 0.4) is 0 Å². The third kappa shape index (κ3) is 1.80. The fourth-order valence-corrected chi connectivity index (χ4v) is 5.67. The van der Waals surface area contributed by atoms with E-state index in [1.54, 1.807) is 0 Å². The van der Waals surface area contributed by atoms with Crippen molar-refractivity contribution in [1.82, 2.24) is 10.0 Å². The summed E-state index contributed by atoms with van der Waals surface area (Å²) in [6, 6.07) is 9.25. The van der Waals surface area contributed by atoms with Crippen molar-refractivity contribution in [3.8, 4) is 0 Å². The zero-order valence-electron chi connectivity index (χ0n) is 13.8. The molecular formula is C17H18BrN3O4. The zero-order chi connectivity index (χ0) is 17.5. The number of rotatable bonds is 1. The Hall–Kier alpha value is -1.96. The molecule has 6 atom stereocenters. The third-order valence-electron chi connectivity index (χ3n) is 6.20. The summed E-state index contributed by atoms with van der Waals surface area (Å²) < 4.78 is 10.8. The van der Waals surface area contributed by atoms with Gasteiger partial charge in [0.25, 0.3) is 0 Å². The van der Waals surface area contributed by atoms with Gasteiger partial charge >= 0.3 is 12.2 Å². The number of piperidine rings is 1. The van der Waals surface area contributed by atoms with E-state index in [2.05, 4.69) is 33.0 Å². The van der Waals surface area contributed by atoms with Crippen LogP contribution in [0.25, 0.3) is 0 Å². The first-order valence-electron chi connectivity index (χ1n) is 8.36. The Kier molecular flexibility index (Phi) is 3.08. The predicted molar refractivity (Wildman–Crippen MR) is 91.9 cm³/mol. The summed E-state index contributed by atoms with van der Waals surface area (Å²) in [6.45, 7) is 0. The number of hydrogen-bond donors (Lipinski definition) is 0. The molecule has 8 heteroatoms. The lowest BCUT2D eigenvalue weighted by Crippen LogP contribution is -2.76. The number of amides is 2. The zero-order valence-corrected chi connectivity index (χ0v) is 15.4. The average Bonchev–Trinajstić information content (AvgIpc) is 3.14. The smallest absolute Gasteiger partial charge is 0.429 e. The number of carbonyl (C=O) groups is 2. The van der Waals surface area contributed by atoms with Crippen molar-refractivity contribution in [3.05, 3.63) is 28.7 Å². The molecule has 5 rings (SSSR count). The molecule has 2 aliphatic carbocycles. The van der Waals surface area contributed by atoms with Gasteiger partial charge in [0.15, 0.2) is 0 Å². The third-order valence-corrected chi connectivity index (χ3v) is 6.73. The van der Waals surface area contributed by atoms with Crippen molar-refractivity contribution in [2.75, 3.05) is 19.1 Å². The van der Waals surface area contributed by atoms with Crippen LogP contribution in [-0.4, -0.2) is 60.6 Å². The molecular weight excluding hydrogens is 390 g/mol. The Labute approximate surface area is 153 Å². The highest BCUT2D eigenvalue weighted by atomic mass is 79.9. The summed E-state index contributed by atoms with van der Waals surface area (Å²) in [5.41, 5.74) is 1.20. The number of hydrogen-bond acceptors (Lipinski definition) is 5. The number of methoxy groups -OCH3 is 2. The minimum absolute atomic E-state index is 0.0262. The largest absolute Gasteiger partial charge is 0.452 e. The van der Waals surface area contributed by atoms with E-state index in [9.17, 15) is 9.59 Å². The molecule has 1 aromatic rings. The van der Waals surface area contributed by atoms with E-state index in [1.165, 1.54) is 29.9 Å². The molecule has 2 bridgehead atoms. The molecule has 25 heavy (non-hydrogen) atoms. The molecule has 0 unspecified atom stereocenters. The quantitative estimate of drug-likeness (QED) is 0.669. The Bertz CT molecular complexity index is 717. The summed E-state index contributed by atoms with van der Waals surface area (Å²) in [5.74, 6) is 0.729. The Morgan fingerprint density at radius 1 is 0.920 bits per heavy atom. The molecule has 132 valence electrons. The van der Waals surface area contributed by atoms with Gasteiger partial charge in [0.1, 0.15) is 0 Å². The lowest BCUT2D eigenvalue weighted by molar-refractivity contribution is -0.173. The van der Waals surface area contributed by atoms with Crippen LogP contribution >= 0.6 is 15.9 Å². The number of ether oxygens (including phenoxy) is 2. The monoisotopic (exact) mass is 407 g/mol. The second-order valence-electron chi connectivity index (χ2n) is 7.04. The van der Waals surface area contributed by atoms with Crippen molar-refractivity contribution in [2.24, 2.45) is 11.8 Å². The van der Waals surface area contributed by atoms with E-state index in [4.69, 9.17) is 9.47 Å². The minimum Gasteiger partial charge on any atom is -0.452 e. The normalized spacial score (nSPS) is 36.5. The Morgan fingerprint density at radius 3 is 1.84 bits per heavy atom. The average molecular weight is 408 g/mol. The van der Waals surface area contributed by atoms with E-state index in [-0.39, 0.29) is 12.1 Å². The molecule has 0 N–H and O–H groups in total. The fourth-order valence-electron chi connectivity index (χ4n) is 5.40. The molecule has 2 saturated carbocycles. The van der Waals surface area contributed by atoms with Crippen LogP contribution in [0.4, 0.5) is 15.3 Å². The molecule has 4 fully saturated rings. The minimum atomic E-state index is -0.494. The molecule has 0 aromatic heterocycles. The molecule has 1 aromatic carbocycles. The van der Waals surface area contributed by atoms with Gasteiger partial charge in [-0.2, -0.15) is 0 Å². The fraction of sp³-hybridized carbons (Fsp3) is 0.529. The van der Waals surface area contributed by atoms with Gasteiger partial charge in [0, 0.05) is 22.0 Å². The molecule has 4 aliphatic rings. The molecule has 2 aliphatic heterocycles. The standard InChI is InChI=1S/C17H18BrN3O4/c1-24-16(22)20-14-10-7-11(15(14)21(20)17(23)25-2)13-12(10)19(13)9-5-3-8(18)4-6-9/h3-6,10-15H,7H2,1-2H3/t10-,11+,12+,13-,14-,15+,19?. The topological polar surface area (TPSA) is 62.1 Å². The van der Waals surface area contributed by atoms with Gasteiger partial charge in [-0.3, -0.25) is 0 Å². The summed E-state index contributed by atoms with van der Waals surface area (Å²) in [6.07, 6.45) is 0.0526. The van der Waals surface area contributed by atoms with Gasteiger partial charge < -0.3 is 14.4 Å². The molecule has 0 spiro atoms. The van der Waals surface area contributed by atoms with E-state index < -0.39 is 12.2 Å². The van der Waals surface area contributed by atoms with Gasteiger partial charge in [0.2, 0.25) is 0 Å². The lowest BCUT2D eigenvalue weighted by Gasteiger charge is -2.55. The second-order valence-corrected chi connectivity index (χ2v) is 7.95. The first-order valence-corrected chi connectivity index (χ1v) is 9.16. The first-order chi connectivity index (χ1) is 12.1.